The first-order valence-corrected chi connectivity index (χ1v) is 8.95. The lowest BCUT2D eigenvalue weighted by Crippen LogP contribution is -2.34. The number of rotatable bonds is 8. The number of aromatic nitrogens is 1. The number of hydrogen-bond donors (Lipinski definition) is 1. The lowest BCUT2D eigenvalue weighted by atomic mass is 10.2. The third-order valence-corrected chi connectivity index (χ3v) is 4.18. The third kappa shape index (κ3) is 5.71. The molecule has 0 aliphatic rings. The van der Waals surface area contributed by atoms with Gasteiger partial charge >= 0.3 is 0 Å². The summed E-state index contributed by atoms with van der Waals surface area (Å²) >= 11 is 0. The molecule has 0 bridgehead atoms. The van der Waals surface area contributed by atoms with Crippen LogP contribution in [0, 0.1) is 11.6 Å². The molecule has 1 aromatic carbocycles. The number of nitrogens with zero attached hydrogens (tertiary/aromatic N) is 2. The highest BCUT2D eigenvalue weighted by Crippen LogP contribution is 2.12. The SMILES string of the molecule is O=C(NCCC(=O)N(Cc1cccnc1)Cc1ccco1)c1ccc(F)cc1F. The molecular formula is C21H19F2N3O3. The topological polar surface area (TPSA) is 75.4 Å². The van der Waals surface area contributed by atoms with Gasteiger partial charge in [0.15, 0.2) is 0 Å². The molecule has 3 aromatic rings. The first kappa shape index (κ1) is 20.2. The van der Waals surface area contributed by atoms with E-state index >= 15 is 0 Å². The van der Waals surface area contributed by atoms with Crippen LogP contribution in [0.15, 0.2) is 65.5 Å². The number of pyridine rings is 1. The minimum absolute atomic E-state index is 0.00945. The van der Waals surface area contributed by atoms with E-state index in [2.05, 4.69) is 10.3 Å². The Hall–Kier alpha value is -3.55. The second kappa shape index (κ2) is 9.59. The van der Waals surface area contributed by atoms with Crippen molar-refractivity contribution in [1.82, 2.24) is 15.2 Å². The Morgan fingerprint density at radius 3 is 2.66 bits per heavy atom. The molecule has 0 radical (unpaired) electrons. The van der Waals surface area contributed by atoms with Crippen LogP contribution in [-0.2, 0) is 17.9 Å². The smallest absolute Gasteiger partial charge is 0.254 e. The molecule has 0 aliphatic heterocycles. The summed E-state index contributed by atoms with van der Waals surface area (Å²) in [7, 11) is 0. The van der Waals surface area contributed by atoms with Crippen molar-refractivity contribution >= 4 is 11.8 Å². The minimum atomic E-state index is -0.954. The molecule has 0 aliphatic carbocycles. The van der Waals surface area contributed by atoms with Gasteiger partial charge in [0.2, 0.25) is 5.91 Å². The molecule has 0 fully saturated rings. The molecule has 6 nitrogen and oxygen atoms in total. The molecule has 2 amide bonds. The summed E-state index contributed by atoms with van der Waals surface area (Å²) in [4.78, 5) is 30.4. The van der Waals surface area contributed by atoms with Gasteiger partial charge < -0.3 is 14.6 Å². The van der Waals surface area contributed by atoms with E-state index < -0.39 is 17.5 Å². The van der Waals surface area contributed by atoms with Crippen molar-refractivity contribution in [3.05, 3.63) is 89.6 Å². The second-order valence-corrected chi connectivity index (χ2v) is 6.32. The normalized spacial score (nSPS) is 10.6. The van der Waals surface area contributed by atoms with Gasteiger partial charge in [-0.05, 0) is 35.9 Å². The van der Waals surface area contributed by atoms with Crippen LogP contribution in [-0.4, -0.2) is 28.2 Å². The minimum Gasteiger partial charge on any atom is -0.467 e. The van der Waals surface area contributed by atoms with Gasteiger partial charge in [0.25, 0.3) is 5.91 Å². The quantitative estimate of drug-likeness (QED) is 0.631. The first-order chi connectivity index (χ1) is 14.0. The van der Waals surface area contributed by atoms with E-state index in [4.69, 9.17) is 4.42 Å². The Labute approximate surface area is 166 Å². The van der Waals surface area contributed by atoms with Crippen LogP contribution in [0.4, 0.5) is 8.78 Å². The average Bonchev–Trinajstić information content (AvgIpc) is 3.21. The number of halogens is 2. The van der Waals surface area contributed by atoms with Crippen molar-refractivity contribution in [3.63, 3.8) is 0 Å². The van der Waals surface area contributed by atoms with E-state index in [1.807, 2.05) is 6.07 Å². The number of carbonyl (C=O) groups excluding carboxylic acids is 2. The molecule has 0 unspecified atom stereocenters. The van der Waals surface area contributed by atoms with Crippen LogP contribution >= 0.6 is 0 Å². The van der Waals surface area contributed by atoms with Gasteiger partial charge in [0, 0.05) is 38.0 Å². The van der Waals surface area contributed by atoms with Crippen molar-refractivity contribution in [1.29, 1.82) is 0 Å². The highest BCUT2D eigenvalue weighted by atomic mass is 19.1. The molecule has 0 atom stereocenters. The van der Waals surface area contributed by atoms with Crippen LogP contribution in [0.5, 0.6) is 0 Å². The van der Waals surface area contributed by atoms with E-state index in [0.717, 1.165) is 17.7 Å². The zero-order valence-corrected chi connectivity index (χ0v) is 15.5. The lowest BCUT2D eigenvalue weighted by Gasteiger charge is -2.22. The Morgan fingerprint density at radius 2 is 1.97 bits per heavy atom. The molecule has 29 heavy (non-hydrogen) atoms. The van der Waals surface area contributed by atoms with Crippen molar-refractivity contribution < 1.29 is 22.8 Å². The number of benzene rings is 1. The summed E-state index contributed by atoms with van der Waals surface area (Å²) in [5.74, 6) is -2.02. The summed E-state index contributed by atoms with van der Waals surface area (Å²) in [6.45, 7) is 0.603. The molecule has 8 heteroatoms. The summed E-state index contributed by atoms with van der Waals surface area (Å²) in [5, 5.41) is 2.48. The molecule has 3 rings (SSSR count). The number of amides is 2. The van der Waals surface area contributed by atoms with Gasteiger partial charge in [0.1, 0.15) is 17.4 Å². The second-order valence-electron chi connectivity index (χ2n) is 6.32. The summed E-state index contributed by atoms with van der Waals surface area (Å²) in [6, 6.07) is 9.84. The van der Waals surface area contributed by atoms with E-state index in [1.54, 1.807) is 35.5 Å². The molecule has 0 saturated heterocycles. The highest BCUT2D eigenvalue weighted by Gasteiger charge is 2.17. The average molecular weight is 399 g/mol. The van der Waals surface area contributed by atoms with E-state index in [0.29, 0.717) is 18.4 Å². The summed E-state index contributed by atoms with van der Waals surface area (Å²) < 4.78 is 32.0. The fourth-order valence-corrected chi connectivity index (χ4v) is 2.74. The van der Waals surface area contributed by atoms with Gasteiger partial charge in [-0.2, -0.15) is 0 Å². The zero-order valence-electron chi connectivity index (χ0n) is 15.5. The Morgan fingerprint density at radius 1 is 1.10 bits per heavy atom. The highest BCUT2D eigenvalue weighted by molar-refractivity contribution is 5.94. The monoisotopic (exact) mass is 399 g/mol. The van der Waals surface area contributed by atoms with Gasteiger partial charge in [0.05, 0.1) is 18.4 Å². The maximum Gasteiger partial charge on any atom is 0.254 e. The predicted molar refractivity (Wildman–Crippen MR) is 101 cm³/mol. The van der Waals surface area contributed by atoms with Crippen LogP contribution in [0.1, 0.15) is 28.1 Å². The van der Waals surface area contributed by atoms with Crippen molar-refractivity contribution in [2.45, 2.75) is 19.5 Å². The molecular weight excluding hydrogens is 380 g/mol. The number of carbonyl (C=O) groups is 2. The summed E-state index contributed by atoms with van der Waals surface area (Å²) in [6.07, 6.45) is 4.85. The van der Waals surface area contributed by atoms with Crippen molar-refractivity contribution in [2.75, 3.05) is 6.54 Å². The Bertz CT molecular complexity index is 963. The fraction of sp³-hybridized carbons (Fsp3) is 0.190. The van der Waals surface area contributed by atoms with E-state index in [-0.39, 0.29) is 31.0 Å². The van der Waals surface area contributed by atoms with E-state index in [1.165, 1.54) is 6.26 Å². The van der Waals surface area contributed by atoms with Gasteiger partial charge in [-0.3, -0.25) is 14.6 Å². The van der Waals surface area contributed by atoms with Gasteiger partial charge in [-0.15, -0.1) is 0 Å². The third-order valence-electron chi connectivity index (χ3n) is 4.18. The Kier molecular flexibility index (Phi) is 6.67. The Balaban J connectivity index is 1.59. The van der Waals surface area contributed by atoms with Crippen LogP contribution in [0.3, 0.4) is 0 Å². The van der Waals surface area contributed by atoms with Crippen LogP contribution in [0.2, 0.25) is 0 Å². The van der Waals surface area contributed by atoms with Gasteiger partial charge in [-0.25, -0.2) is 8.78 Å². The van der Waals surface area contributed by atoms with Crippen LogP contribution < -0.4 is 5.32 Å². The fourth-order valence-electron chi connectivity index (χ4n) is 2.74. The molecule has 0 spiro atoms. The number of nitrogens with one attached hydrogen (secondary N) is 1. The molecule has 150 valence electrons. The van der Waals surface area contributed by atoms with E-state index in [9.17, 15) is 18.4 Å². The molecule has 0 saturated carbocycles. The predicted octanol–water partition coefficient (Wildman–Crippen LogP) is 3.30. The maximum atomic E-state index is 13.7. The lowest BCUT2D eigenvalue weighted by molar-refractivity contribution is -0.132. The molecule has 1 N–H and O–H groups in total. The van der Waals surface area contributed by atoms with Crippen molar-refractivity contribution in [3.8, 4) is 0 Å². The largest absolute Gasteiger partial charge is 0.467 e. The number of hydrogen-bond acceptors (Lipinski definition) is 4. The molecule has 2 aromatic heterocycles. The number of furan rings is 1. The zero-order chi connectivity index (χ0) is 20.6. The first-order valence-electron chi connectivity index (χ1n) is 8.95. The van der Waals surface area contributed by atoms with Gasteiger partial charge in [-0.1, -0.05) is 6.07 Å². The standard InChI is InChI=1S/C21H19F2N3O3/c22-16-5-6-18(19(23)11-16)21(28)25-9-7-20(27)26(14-17-4-2-10-29-17)13-15-3-1-8-24-12-15/h1-6,8,10-12H,7,9,13-14H2,(H,25,28). The molecule has 2 heterocycles. The van der Waals surface area contributed by atoms with Crippen molar-refractivity contribution in [2.24, 2.45) is 0 Å². The van der Waals surface area contributed by atoms with Crippen LogP contribution in [0.25, 0.3) is 0 Å². The maximum absolute atomic E-state index is 13.7. The summed E-state index contributed by atoms with van der Waals surface area (Å²) in [5.41, 5.74) is 0.575.